The average molecular weight is 196 g/mol. The van der Waals surface area contributed by atoms with Crippen LogP contribution in [0.25, 0.3) is 0 Å². The van der Waals surface area contributed by atoms with Crippen molar-refractivity contribution in [3.63, 3.8) is 0 Å². The van der Waals surface area contributed by atoms with Gasteiger partial charge >= 0.3 is 0 Å². The summed E-state index contributed by atoms with van der Waals surface area (Å²) in [7, 11) is 0. The van der Waals surface area contributed by atoms with Gasteiger partial charge in [0.05, 0.1) is 0 Å². The van der Waals surface area contributed by atoms with E-state index in [2.05, 4.69) is 23.9 Å². The lowest BCUT2D eigenvalue weighted by Gasteiger charge is -2.09. The second-order valence-corrected chi connectivity index (χ2v) is 4.08. The molecule has 0 aliphatic carbocycles. The Labute approximate surface area is 85.5 Å². The molecule has 0 aliphatic rings. The standard InChI is InChI=1S/C10H20N4/c1-8(2)14-10(12-7-13-14)6-4-5-9(3)11/h7-9H,4-6,11H2,1-3H3. The van der Waals surface area contributed by atoms with Gasteiger partial charge in [0.1, 0.15) is 12.2 Å². The Morgan fingerprint density at radius 2 is 2.14 bits per heavy atom. The quantitative estimate of drug-likeness (QED) is 0.777. The molecule has 0 saturated heterocycles. The molecule has 4 heteroatoms. The summed E-state index contributed by atoms with van der Waals surface area (Å²) in [5, 5.41) is 4.19. The first-order chi connectivity index (χ1) is 6.61. The fourth-order valence-corrected chi connectivity index (χ4v) is 1.47. The fraction of sp³-hybridized carbons (Fsp3) is 0.800. The first-order valence-corrected chi connectivity index (χ1v) is 5.25. The molecular formula is C10H20N4. The molecule has 1 unspecified atom stereocenters. The van der Waals surface area contributed by atoms with Gasteiger partial charge < -0.3 is 5.73 Å². The maximum absolute atomic E-state index is 5.69. The molecule has 2 N–H and O–H groups in total. The number of hydrogen-bond donors (Lipinski definition) is 1. The van der Waals surface area contributed by atoms with Crippen molar-refractivity contribution < 1.29 is 0 Å². The largest absolute Gasteiger partial charge is 0.328 e. The highest BCUT2D eigenvalue weighted by Crippen LogP contribution is 2.08. The topological polar surface area (TPSA) is 56.7 Å². The first kappa shape index (κ1) is 11.2. The van der Waals surface area contributed by atoms with Crippen LogP contribution in [0.3, 0.4) is 0 Å². The maximum Gasteiger partial charge on any atom is 0.138 e. The Balaban J connectivity index is 2.46. The smallest absolute Gasteiger partial charge is 0.138 e. The van der Waals surface area contributed by atoms with Crippen molar-refractivity contribution in [2.45, 2.75) is 52.1 Å². The van der Waals surface area contributed by atoms with Crippen molar-refractivity contribution in [3.8, 4) is 0 Å². The first-order valence-electron chi connectivity index (χ1n) is 5.25. The molecule has 1 heterocycles. The highest BCUT2D eigenvalue weighted by Gasteiger charge is 2.07. The van der Waals surface area contributed by atoms with Crippen molar-refractivity contribution in [3.05, 3.63) is 12.2 Å². The lowest BCUT2D eigenvalue weighted by molar-refractivity contribution is 0.494. The van der Waals surface area contributed by atoms with E-state index in [1.165, 1.54) is 0 Å². The Morgan fingerprint density at radius 3 is 2.71 bits per heavy atom. The van der Waals surface area contributed by atoms with Crippen LogP contribution in [-0.4, -0.2) is 20.8 Å². The molecule has 80 valence electrons. The SMILES string of the molecule is CC(N)CCCc1ncnn1C(C)C. The third-order valence-corrected chi connectivity index (χ3v) is 2.20. The van der Waals surface area contributed by atoms with Gasteiger partial charge in [-0.05, 0) is 33.6 Å². The zero-order valence-corrected chi connectivity index (χ0v) is 9.27. The summed E-state index contributed by atoms with van der Waals surface area (Å²) in [6.07, 6.45) is 4.73. The Kier molecular flexibility index (Phi) is 4.07. The lowest BCUT2D eigenvalue weighted by atomic mass is 10.1. The number of aromatic nitrogens is 3. The Hall–Kier alpha value is -0.900. The highest BCUT2D eigenvalue weighted by atomic mass is 15.3. The van der Waals surface area contributed by atoms with Crippen LogP contribution >= 0.6 is 0 Å². The van der Waals surface area contributed by atoms with E-state index in [4.69, 9.17) is 5.73 Å². The Bertz CT molecular complexity index is 265. The van der Waals surface area contributed by atoms with E-state index in [0.717, 1.165) is 25.1 Å². The van der Waals surface area contributed by atoms with Gasteiger partial charge in [0, 0.05) is 18.5 Å². The molecule has 1 aromatic rings. The van der Waals surface area contributed by atoms with E-state index in [1.54, 1.807) is 6.33 Å². The number of nitrogens with zero attached hydrogens (tertiary/aromatic N) is 3. The van der Waals surface area contributed by atoms with Gasteiger partial charge in [0.25, 0.3) is 0 Å². The van der Waals surface area contributed by atoms with Crippen LogP contribution < -0.4 is 5.73 Å². The number of hydrogen-bond acceptors (Lipinski definition) is 3. The fourth-order valence-electron chi connectivity index (χ4n) is 1.47. The zero-order valence-electron chi connectivity index (χ0n) is 9.27. The summed E-state index contributed by atoms with van der Waals surface area (Å²) in [6, 6.07) is 0.674. The van der Waals surface area contributed by atoms with Gasteiger partial charge in [-0.1, -0.05) is 0 Å². The third-order valence-electron chi connectivity index (χ3n) is 2.20. The molecule has 1 rings (SSSR count). The van der Waals surface area contributed by atoms with Crippen molar-refractivity contribution >= 4 is 0 Å². The van der Waals surface area contributed by atoms with Crippen LogP contribution in [0, 0.1) is 0 Å². The molecule has 0 fully saturated rings. The highest BCUT2D eigenvalue weighted by molar-refractivity contribution is 4.86. The zero-order chi connectivity index (χ0) is 10.6. The summed E-state index contributed by atoms with van der Waals surface area (Å²) >= 11 is 0. The van der Waals surface area contributed by atoms with E-state index < -0.39 is 0 Å². The van der Waals surface area contributed by atoms with E-state index in [-0.39, 0.29) is 6.04 Å². The van der Waals surface area contributed by atoms with Crippen LogP contribution in [0.2, 0.25) is 0 Å². The molecule has 14 heavy (non-hydrogen) atoms. The second kappa shape index (κ2) is 5.10. The van der Waals surface area contributed by atoms with Gasteiger partial charge in [0.15, 0.2) is 0 Å². The summed E-state index contributed by atoms with van der Waals surface area (Å²) < 4.78 is 1.97. The van der Waals surface area contributed by atoms with Gasteiger partial charge in [0.2, 0.25) is 0 Å². The minimum atomic E-state index is 0.283. The van der Waals surface area contributed by atoms with E-state index >= 15 is 0 Å². The lowest BCUT2D eigenvalue weighted by Crippen LogP contribution is -2.15. The molecule has 0 bridgehead atoms. The molecule has 4 nitrogen and oxygen atoms in total. The third kappa shape index (κ3) is 3.10. The van der Waals surface area contributed by atoms with Crippen molar-refractivity contribution in [1.29, 1.82) is 0 Å². The van der Waals surface area contributed by atoms with Crippen LogP contribution in [0.1, 0.15) is 45.5 Å². The predicted octanol–water partition coefficient (Wildman–Crippen LogP) is 1.53. The molecule has 1 aromatic heterocycles. The minimum absolute atomic E-state index is 0.283. The second-order valence-electron chi connectivity index (χ2n) is 4.08. The van der Waals surface area contributed by atoms with Crippen LogP contribution in [0.5, 0.6) is 0 Å². The van der Waals surface area contributed by atoms with Gasteiger partial charge in [-0.3, -0.25) is 0 Å². The summed E-state index contributed by atoms with van der Waals surface area (Å²) in [5.41, 5.74) is 5.69. The van der Waals surface area contributed by atoms with Crippen molar-refractivity contribution in [2.75, 3.05) is 0 Å². The molecule has 0 radical (unpaired) electrons. The molecular weight excluding hydrogens is 176 g/mol. The normalized spacial score (nSPS) is 13.5. The molecule has 0 aliphatic heterocycles. The number of nitrogens with two attached hydrogens (primary N) is 1. The van der Waals surface area contributed by atoms with E-state index in [1.807, 2.05) is 11.6 Å². The van der Waals surface area contributed by atoms with Crippen molar-refractivity contribution in [1.82, 2.24) is 14.8 Å². The Morgan fingerprint density at radius 1 is 1.43 bits per heavy atom. The predicted molar refractivity (Wildman–Crippen MR) is 57.0 cm³/mol. The molecule has 0 amide bonds. The molecule has 1 atom stereocenters. The van der Waals surface area contributed by atoms with Crippen LogP contribution in [0.15, 0.2) is 6.33 Å². The summed E-state index contributed by atoms with van der Waals surface area (Å²) in [6.45, 7) is 6.26. The van der Waals surface area contributed by atoms with Gasteiger partial charge in [-0.25, -0.2) is 9.67 Å². The maximum atomic E-state index is 5.69. The molecule has 0 saturated carbocycles. The van der Waals surface area contributed by atoms with E-state index in [0.29, 0.717) is 6.04 Å². The number of aryl methyl sites for hydroxylation is 1. The van der Waals surface area contributed by atoms with Gasteiger partial charge in [-0.15, -0.1) is 0 Å². The molecule has 0 aromatic carbocycles. The monoisotopic (exact) mass is 196 g/mol. The van der Waals surface area contributed by atoms with Crippen molar-refractivity contribution in [2.24, 2.45) is 5.73 Å². The van der Waals surface area contributed by atoms with Crippen LogP contribution in [-0.2, 0) is 6.42 Å². The van der Waals surface area contributed by atoms with Gasteiger partial charge in [-0.2, -0.15) is 5.10 Å². The minimum Gasteiger partial charge on any atom is -0.328 e. The average Bonchev–Trinajstić information content (AvgIpc) is 2.51. The summed E-state index contributed by atoms with van der Waals surface area (Å²) in [4.78, 5) is 4.25. The number of rotatable bonds is 5. The molecule has 0 spiro atoms. The summed E-state index contributed by atoms with van der Waals surface area (Å²) in [5.74, 6) is 1.07. The van der Waals surface area contributed by atoms with Crippen LogP contribution in [0.4, 0.5) is 0 Å². The van der Waals surface area contributed by atoms with E-state index in [9.17, 15) is 0 Å².